The molecular weight excluding hydrogens is 314 g/mol. The number of rotatable bonds is 4. The Labute approximate surface area is 149 Å². The van der Waals surface area contributed by atoms with Crippen LogP contribution in [0.4, 0.5) is 0 Å². The molecule has 3 heterocycles. The molecule has 132 valence electrons. The normalized spacial score (nSPS) is 24.7. The third-order valence-electron chi connectivity index (χ3n) is 5.20. The fourth-order valence-electron chi connectivity index (χ4n) is 3.89. The number of morpholine rings is 1. The maximum atomic E-state index is 5.94. The Morgan fingerprint density at radius 3 is 2.76 bits per heavy atom. The lowest BCUT2D eigenvalue weighted by atomic mass is 10.00. The van der Waals surface area contributed by atoms with Crippen LogP contribution in [0.15, 0.2) is 48.7 Å². The van der Waals surface area contributed by atoms with Crippen molar-refractivity contribution in [1.29, 1.82) is 0 Å². The molecule has 2 fully saturated rings. The van der Waals surface area contributed by atoms with Crippen molar-refractivity contribution in [2.24, 2.45) is 0 Å². The number of hydrogen-bond acceptors (Lipinski definition) is 5. The minimum atomic E-state index is 0.379. The van der Waals surface area contributed by atoms with E-state index < -0.39 is 0 Å². The van der Waals surface area contributed by atoms with Crippen molar-refractivity contribution in [3.8, 4) is 5.88 Å². The van der Waals surface area contributed by atoms with Gasteiger partial charge in [-0.25, -0.2) is 4.98 Å². The van der Waals surface area contributed by atoms with E-state index in [1.54, 1.807) is 7.11 Å². The second kappa shape index (κ2) is 7.52. The van der Waals surface area contributed by atoms with Crippen LogP contribution in [0.5, 0.6) is 5.88 Å². The van der Waals surface area contributed by atoms with Gasteiger partial charge in [0.2, 0.25) is 5.88 Å². The number of nitrogens with zero attached hydrogens (tertiary/aromatic N) is 3. The minimum Gasteiger partial charge on any atom is -0.481 e. The lowest BCUT2D eigenvalue weighted by Crippen LogP contribution is -2.58. The highest BCUT2D eigenvalue weighted by molar-refractivity contribution is 5.21. The van der Waals surface area contributed by atoms with E-state index in [1.165, 1.54) is 11.1 Å². The van der Waals surface area contributed by atoms with Gasteiger partial charge in [0.05, 0.1) is 26.4 Å². The van der Waals surface area contributed by atoms with Crippen LogP contribution < -0.4 is 4.74 Å². The Morgan fingerprint density at radius 1 is 1.12 bits per heavy atom. The van der Waals surface area contributed by atoms with Crippen LogP contribution in [0.1, 0.15) is 17.2 Å². The summed E-state index contributed by atoms with van der Waals surface area (Å²) in [4.78, 5) is 9.44. The quantitative estimate of drug-likeness (QED) is 0.855. The van der Waals surface area contributed by atoms with Gasteiger partial charge in [-0.1, -0.05) is 36.4 Å². The summed E-state index contributed by atoms with van der Waals surface area (Å²) in [6.07, 6.45) is 1.91. The van der Waals surface area contributed by atoms with Crippen LogP contribution in [0.3, 0.4) is 0 Å². The zero-order valence-electron chi connectivity index (χ0n) is 14.7. The van der Waals surface area contributed by atoms with Crippen molar-refractivity contribution in [3.05, 3.63) is 59.8 Å². The Morgan fingerprint density at radius 2 is 2.00 bits per heavy atom. The molecule has 4 rings (SSSR count). The Hall–Kier alpha value is -1.95. The number of benzene rings is 1. The Balaban J connectivity index is 1.41. The molecule has 2 aromatic rings. The fraction of sp³-hybridized carbons (Fsp3) is 0.450. The van der Waals surface area contributed by atoms with Gasteiger partial charge in [-0.2, -0.15) is 0 Å². The number of methoxy groups -OCH3 is 1. The van der Waals surface area contributed by atoms with Crippen molar-refractivity contribution in [3.63, 3.8) is 0 Å². The minimum absolute atomic E-state index is 0.379. The van der Waals surface area contributed by atoms with Gasteiger partial charge in [0.1, 0.15) is 0 Å². The van der Waals surface area contributed by atoms with Crippen molar-refractivity contribution < 1.29 is 9.47 Å². The average Bonchev–Trinajstić information content (AvgIpc) is 2.68. The molecule has 0 unspecified atom stereocenters. The number of hydrogen-bond donors (Lipinski definition) is 0. The summed E-state index contributed by atoms with van der Waals surface area (Å²) in [5, 5.41) is 0. The fourth-order valence-corrected chi connectivity index (χ4v) is 3.89. The number of piperazine rings is 1. The van der Waals surface area contributed by atoms with E-state index in [-0.39, 0.29) is 0 Å². The molecule has 0 bridgehead atoms. The van der Waals surface area contributed by atoms with E-state index in [2.05, 4.69) is 51.2 Å². The van der Waals surface area contributed by atoms with Crippen LogP contribution in [0.2, 0.25) is 0 Å². The standard InChI is InChI=1S/C20H25N3O2/c1-24-20-8-7-16(11-21-20)12-22-9-10-23-18(13-22)14-25-15-19(23)17-5-3-2-4-6-17/h2-8,11,18-19H,9-10,12-15H2,1H3/t18-,19-/m1/s1. The first-order valence-electron chi connectivity index (χ1n) is 8.93. The molecule has 0 N–H and O–H groups in total. The van der Waals surface area contributed by atoms with Gasteiger partial charge in [-0.05, 0) is 11.1 Å². The highest BCUT2D eigenvalue weighted by atomic mass is 16.5. The molecule has 2 saturated heterocycles. The summed E-state index contributed by atoms with van der Waals surface area (Å²) in [6, 6.07) is 15.6. The van der Waals surface area contributed by atoms with E-state index >= 15 is 0 Å². The molecule has 0 saturated carbocycles. The van der Waals surface area contributed by atoms with Gasteiger partial charge in [-0.3, -0.25) is 9.80 Å². The van der Waals surface area contributed by atoms with Crippen LogP contribution in [-0.2, 0) is 11.3 Å². The zero-order chi connectivity index (χ0) is 17.1. The summed E-state index contributed by atoms with van der Waals surface area (Å²) in [6.45, 7) is 5.74. The van der Waals surface area contributed by atoms with Gasteiger partial charge in [0.25, 0.3) is 0 Å². The molecule has 2 aliphatic heterocycles. The topological polar surface area (TPSA) is 37.8 Å². The molecular formula is C20H25N3O2. The van der Waals surface area contributed by atoms with E-state index in [4.69, 9.17) is 9.47 Å². The second-order valence-corrected chi connectivity index (χ2v) is 6.80. The van der Waals surface area contributed by atoms with Crippen LogP contribution in [0.25, 0.3) is 0 Å². The molecule has 2 aliphatic rings. The van der Waals surface area contributed by atoms with Gasteiger partial charge >= 0.3 is 0 Å². The average molecular weight is 339 g/mol. The van der Waals surface area contributed by atoms with E-state index in [9.17, 15) is 0 Å². The number of aromatic nitrogens is 1. The monoisotopic (exact) mass is 339 g/mol. The van der Waals surface area contributed by atoms with Gasteiger partial charge in [0.15, 0.2) is 0 Å². The van der Waals surface area contributed by atoms with Gasteiger partial charge in [0, 0.05) is 44.5 Å². The first-order chi connectivity index (χ1) is 12.3. The predicted molar refractivity (Wildman–Crippen MR) is 96.6 cm³/mol. The highest BCUT2D eigenvalue weighted by Gasteiger charge is 2.36. The van der Waals surface area contributed by atoms with Gasteiger partial charge < -0.3 is 9.47 Å². The molecule has 0 radical (unpaired) electrons. The number of fused-ring (bicyclic) bond motifs is 1. The summed E-state index contributed by atoms with van der Waals surface area (Å²) in [5.41, 5.74) is 2.59. The molecule has 5 nitrogen and oxygen atoms in total. The molecule has 1 aromatic carbocycles. The summed E-state index contributed by atoms with van der Waals surface area (Å²) in [5.74, 6) is 0.667. The summed E-state index contributed by atoms with van der Waals surface area (Å²) < 4.78 is 11.1. The zero-order valence-corrected chi connectivity index (χ0v) is 14.7. The predicted octanol–water partition coefficient (Wildman–Crippen LogP) is 2.35. The second-order valence-electron chi connectivity index (χ2n) is 6.80. The van der Waals surface area contributed by atoms with Crippen molar-refractivity contribution in [1.82, 2.24) is 14.8 Å². The maximum Gasteiger partial charge on any atom is 0.212 e. The van der Waals surface area contributed by atoms with Crippen LogP contribution in [-0.4, -0.2) is 60.8 Å². The van der Waals surface area contributed by atoms with Crippen molar-refractivity contribution in [2.45, 2.75) is 18.6 Å². The highest BCUT2D eigenvalue weighted by Crippen LogP contribution is 2.29. The maximum absolute atomic E-state index is 5.94. The summed E-state index contributed by atoms with van der Waals surface area (Å²) >= 11 is 0. The lowest BCUT2D eigenvalue weighted by Gasteiger charge is -2.48. The first-order valence-corrected chi connectivity index (χ1v) is 8.93. The molecule has 0 amide bonds. The number of pyridine rings is 1. The molecule has 0 aliphatic carbocycles. The van der Waals surface area contributed by atoms with Crippen LogP contribution in [0, 0.1) is 0 Å². The van der Waals surface area contributed by atoms with E-state index in [0.717, 1.165) is 39.4 Å². The van der Waals surface area contributed by atoms with Crippen molar-refractivity contribution >= 4 is 0 Å². The van der Waals surface area contributed by atoms with E-state index in [1.807, 2.05) is 12.3 Å². The van der Waals surface area contributed by atoms with Crippen LogP contribution >= 0.6 is 0 Å². The largest absolute Gasteiger partial charge is 0.481 e. The molecule has 5 heteroatoms. The first kappa shape index (κ1) is 16.5. The third-order valence-corrected chi connectivity index (χ3v) is 5.20. The third kappa shape index (κ3) is 3.68. The molecule has 25 heavy (non-hydrogen) atoms. The number of ether oxygens (including phenoxy) is 2. The Bertz CT molecular complexity index is 677. The molecule has 0 spiro atoms. The summed E-state index contributed by atoms with van der Waals surface area (Å²) in [7, 11) is 1.65. The van der Waals surface area contributed by atoms with Gasteiger partial charge in [-0.15, -0.1) is 0 Å². The smallest absolute Gasteiger partial charge is 0.212 e. The molecule has 2 atom stereocenters. The SMILES string of the molecule is COc1ccc(CN2CCN3[C@@H](COC[C@@H]3c3ccccc3)C2)cn1. The van der Waals surface area contributed by atoms with Crippen molar-refractivity contribution in [2.75, 3.05) is 40.0 Å². The lowest BCUT2D eigenvalue weighted by molar-refractivity contribution is -0.0836. The van der Waals surface area contributed by atoms with E-state index in [0.29, 0.717) is 18.0 Å². The Kier molecular flexibility index (Phi) is 4.97. The molecule has 1 aromatic heterocycles.